The van der Waals surface area contributed by atoms with Crippen molar-refractivity contribution in [3.63, 3.8) is 0 Å². The Morgan fingerprint density at radius 2 is 1.84 bits per heavy atom. The van der Waals surface area contributed by atoms with Crippen molar-refractivity contribution in [2.24, 2.45) is 5.92 Å². The number of halogens is 1. The molecule has 25 heavy (non-hydrogen) atoms. The first kappa shape index (κ1) is 17.7. The van der Waals surface area contributed by atoms with Gasteiger partial charge in [0.15, 0.2) is 0 Å². The highest BCUT2D eigenvalue weighted by Crippen LogP contribution is 2.24. The lowest BCUT2D eigenvalue weighted by atomic mass is 10.1. The smallest absolute Gasteiger partial charge is 0.228 e. The molecule has 0 aromatic heterocycles. The van der Waals surface area contributed by atoms with E-state index >= 15 is 0 Å². The molecule has 1 aromatic carbocycles. The summed E-state index contributed by atoms with van der Waals surface area (Å²) < 4.78 is 13.0. The molecule has 2 amide bonds. The maximum absolute atomic E-state index is 13.0. The molecule has 3 rings (SSSR count). The van der Waals surface area contributed by atoms with Crippen molar-refractivity contribution in [2.75, 3.05) is 37.6 Å². The number of rotatable bonds is 4. The maximum Gasteiger partial charge on any atom is 0.228 e. The molecule has 136 valence electrons. The summed E-state index contributed by atoms with van der Waals surface area (Å²) in [5, 5.41) is 0. The van der Waals surface area contributed by atoms with E-state index in [-0.39, 0.29) is 29.6 Å². The number of anilines is 1. The van der Waals surface area contributed by atoms with Gasteiger partial charge in [-0.2, -0.15) is 0 Å². The molecule has 2 atom stereocenters. The van der Waals surface area contributed by atoms with Crippen LogP contribution in [0.4, 0.5) is 10.1 Å². The third-order valence-electron chi connectivity index (χ3n) is 5.41. The van der Waals surface area contributed by atoms with Gasteiger partial charge in [0, 0.05) is 50.9 Å². The van der Waals surface area contributed by atoms with Crippen LogP contribution in [-0.4, -0.2) is 60.4 Å². The Labute approximate surface area is 148 Å². The van der Waals surface area contributed by atoms with Gasteiger partial charge in [-0.25, -0.2) is 4.39 Å². The molecule has 6 heteroatoms. The predicted molar refractivity (Wildman–Crippen MR) is 94.8 cm³/mol. The number of hydrogen-bond donors (Lipinski definition) is 0. The van der Waals surface area contributed by atoms with Gasteiger partial charge in [-0.05, 0) is 37.6 Å². The van der Waals surface area contributed by atoms with Crippen LogP contribution in [0.25, 0.3) is 0 Å². The van der Waals surface area contributed by atoms with Crippen LogP contribution < -0.4 is 4.90 Å². The Kier molecular flexibility index (Phi) is 5.25. The van der Waals surface area contributed by atoms with Crippen LogP contribution >= 0.6 is 0 Å². The monoisotopic (exact) mass is 347 g/mol. The Bertz CT molecular complexity index is 626. The third-order valence-corrected chi connectivity index (χ3v) is 5.41. The van der Waals surface area contributed by atoms with Crippen LogP contribution in [0, 0.1) is 11.7 Å². The topological polar surface area (TPSA) is 43.9 Å². The highest BCUT2D eigenvalue weighted by atomic mass is 19.1. The van der Waals surface area contributed by atoms with Crippen molar-refractivity contribution in [3.05, 3.63) is 30.1 Å². The Balaban J connectivity index is 1.55. The van der Waals surface area contributed by atoms with Gasteiger partial charge in [0.05, 0.1) is 5.92 Å². The first-order chi connectivity index (χ1) is 12.0. The minimum Gasteiger partial charge on any atom is -0.368 e. The summed E-state index contributed by atoms with van der Waals surface area (Å²) in [4.78, 5) is 30.8. The second kappa shape index (κ2) is 7.42. The van der Waals surface area contributed by atoms with E-state index in [4.69, 9.17) is 0 Å². The van der Waals surface area contributed by atoms with Crippen molar-refractivity contribution in [2.45, 2.75) is 32.7 Å². The van der Waals surface area contributed by atoms with Crippen molar-refractivity contribution in [3.8, 4) is 0 Å². The van der Waals surface area contributed by atoms with E-state index in [9.17, 15) is 14.0 Å². The fraction of sp³-hybridized carbons (Fsp3) is 0.579. The highest BCUT2D eigenvalue weighted by molar-refractivity contribution is 5.89. The minimum absolute atomic E-state index is 0.0950. The van der Waals surface area contributed by atoms with E-state index in [1.807, 2.05) is 16.7 Å². The first-order valence-corrected chi connectivity index (χ1v) is 9.08. The second-order valence-corrected chi connectivity index (χ2v) is 6.99. The number of hydrogen-bond acceptors (Lipinski definition) is 3. The van der Waals surface area contributed by atoms with Gasteiger partial charge in [-0.3, -0.25) is 9.59 Å². The van der Waals surface area contributed by atoms with Crippen molar-refractivity contribution in [1.82, 2.24) is 9.80 Å². The summed E-state index contributed by atoms with van der Waals surface area (Å²) in [7, 11) is 0. The van der Waals surface area contributed by atoms with Crippen LogP contribution in [-0.2, 0) is 9.59 Å². The van der Waals surface area contributed by atoms with E-state index in [2.05, 4.69) is 11.8 Å². The maximum atomic E-state index is 13.0. The minimum atomic E-state index is -0.241. The van der Waals surface area contributed by atoms with Crippen LogP contribution in [0.1, 0.15) is 26.7 Å². The molecular weight excluding hydrogens is 321 g/mol. The summed E-state index contributed by atoms with van der Waals surface area (Å²) >= 11 is 0. The standard InChI is InChI=1S/C19H26FN3O2/c1-3-14(2)23-13-15(12-18(23)24)19(25)22-10-8-21(9-11-22)17-6-4-16(20)5-7-17/h4-7,14-15H,3,8-13H2,1-2H3. The fourth-order valence-corrected chi connectivity index (χ4v) is 3.64. The van der Waals surface area contributed by atoms with E-state index < -0.39 is 0 Å². The van der Waals surface area contributed by atoms with Gasteiger partial charge in [0.25, 0.3) is 0 Å². The number of nitrogens with zero attached hydrogens (tertiary/aromatic N) is 3. The molecule has 0 N–H and O–H groups in total. The Morgan fingerprint density at radius 1 is 1.20 bits per heavy atom. The SMILES string of the molecule is CCC(C)N1CC(C(=O)N2CCN(c3ccc(F)cc3)CC2)CC1=O. The van der Waals surface area contributed by atoms with E-state index in [1.54, 1.807) is 12.1 Å². The average molecular weight is 347 g/mol. The lowest BCUT2D eigenvalue weighted by molar-refractivity contribution is -0.136. The summed E-state index contributed by atoms with van der Waals surface area (Å²) in [5.74, 6) is -0.260. The molecule has 1 aromatic rings. The number of amides is 2. The second-order valence-electron chi connectivity index (χ2n) is 6.99. The molecule has 2 fully saturated rings. The summed E-state index contributed by atoms with van der Waals surface area (Å²) in [6, 6.07) is 6.65. The van der Waals surface area contributed by atoms with E-state index in [0.29, 0.717) is 26.1 Å². The molecule has 0 saturated carbocycles. The molecule has 0 aliphatic carbocycles. The van der Waals surface area contributed by atoms with Crippen molar-refractivity contribution >= 4 is 17.5 Å². The van der Waals surface area contributed by atoms with Gasteiger partial charge in [0.2, 0.25) is 11.8 Å². The van der Waals surface area contributed by atoms with Gasteiger partial charge in [-0.1, -0.05) is 6.92 Å². The molecule has 2 unspecified atom stereocenters. The number of benzene rings is 1. The van der Waals surface area contributed by atoms with E-state index in [1.165, 1.54) is 12.1 Å². The molecule has 2 aliphatic rings. The van der Waals surface area contributed by atoms with Gasteiger partial charge in [0.1, 0.15) is 5.82 Å². The van der Waals surface area contributed by atoms with Crippen LogP contribution in [0.3, 0.4) is 0 Å². The summed E-state index contributed by atoms with van der Waals surface area (Å²) in [5.41, 5.74) is 0.979. The van der Waals surface area contributed by atoms with Crippen LogP contribution in [0.2, 0.25) is 0 Å². The van der Waals surface area contributed by atoms with Crippen molar-refractivity contribution in [1.29, 1.82) is 0 Å². The zero-order valence-corrected chi connectivity index (χ0v) is 14.9. The van der Waals surface area contributed by atoms with Crippen LogP contribution in [0.5, 0.6) is 0 Å². The quantitative estimate of drug-likeness (QED) is 0.838. The number of likely N-dealkylation sites (tertiary alicyclic amines) is 1. The molecule has 2 heterocycles. The largest absolute Gasteiger partial charge is 0.368 e. The molecule has 0 spiro atoms. The zero-order valence-electron chi connectivity index (χ0n) is 14.9. The molecular formula is C19H26FN3O2. The molecule has 2 saturated heterocycles. The normalized spacial score (nSPS) is 22.4. The average Bonchev–Trinajstić information content (AvgIpc) is 3.03. The lowest BCUT2D eigenvalue weighted by Crippen LogP contribution is -2.50. The van der Waals surface area contributed by atoms with Gasteiger partial charge in [-0.15, -0.1) is 0 Å². The van der Waals surface area contributed by atoms with Gasteiger partial charge >= 0.3 is 0 Å². The fourth-order valence-electron chi connectivity index (χ4n) is 3.64. The van der Waals surface area contributed by atoms with E-state index in [0.717, 1.165) is 25.2 Å². The first-order valence-electron chi connectivity index (χ1n) is 9.08. The molecule has 2 aliphatic heterocycles. The van der Waals surface area contributed by atoms with Gasteiger partial charge < -0.3 is 14.7 Å². The molecule has 0 bridgehead atoms. The Hall–Kier alpha value is -2.11. The zero-order chi connectivity index (χ0) is 18.0. The molecule has 5 nitrogen and oxygen atoms in total. The highest BCUT2D eigenvalue weighted by Gasteiger charge is 2.38. The summed E-state index contributed by atoms with van der Waals surface area (Å²) in [6.07, 6.45) is 1.24. The number of piperazine rings is 1. The van der Waals surface area contributed by atoms with Crippen LogP contribution in [0.15, 0.2) is 24.3 Å². The molecule has 0 radical (unpaired) electrons. The van der Waals surface area contributed by atoms with Crippen molar-refractivity contribution < 1.29 is 14.0 Å². The Morgan fingerprint density at radius 3 is 2.44 bits per heavy atom. The number of carbonyl (C=O) groups excluding carboxylic acids is 2. The lowest BCUT2D eigenvalue weighted by Gasteiger charge is -2.37. The predicted octanol–water partition coefficient (Wildman–Crippen LogP) is 2.12. The summed E-state index contributed by atoms with van der Waals surface area (Å²) in [6.45, 7) is 7.38. The number of carbonyl (C=O) groups is 2. The third kappa shape index (κ3) is 3.78.